The number of piperidine rings is 1. The van der Waals surface area contributed by atoms with Crippen molar-refractivity contribution in [2.45, 2.75) is 19.1 Å². The fourth-order valence-corrected chi connectivity index (χ4v) is 5.16. The van der Waals surface area contributed by atoms with Crippen molar-refractivity contribution in [1.82, 2.24) is 24.8 Å². The van der Waals surface area contributed by atoms with E-state index in [1.165, 1.54) is 0 Å². The van der Waals surface area contributed by atoms with Crippen molar-refractivity contribution in [2.24, 2.45) is 11.8 Å². The van der Waals surface area contributed by atoms with Crippen LogP contribution in [0.5, 0.6) is 11.5 Å². The second kappa shape index (κ2) is 8.37. The van der Waals surface area contributed by atoms with Gasteiger partial charge in [0.15, 0.2) is 18.2 Å². The van der Waals surface area contributed by atoms with Gasteiger partial charge < -0.3 is 29.6 Å². The summed E-state index contributed by atoms with van der Waals surface area (Å²) in [6.07, 6.45) is 1.67. The second-order valence-electron chi connectivity index (χ2n) is 9.08. The van der Waals surface area contributed by atoms with Gasteiger partial charge in [0.25, 0.3) is 11.5 Å². The van der Waals surface area contributed by atoms with Gasteiger partial charge in [-0.25, -0.2) is 4.98 Å². The number of amides is 1. The van der Waals surface area contributed by atoms with Crippen molar-refractivity contribution in [2.75, 3.05) is 38.7 Å². The molecule has 0 aromatic carbocycles. The highest BCUT2D eigenvalue weighted by Crippen LogP contribution is 2.45. The summed E-state index contributed by atoms with van der Waals surface area (Å²) in [5.74, 6) is 2.81. The lowest BCUT2D eigenvalue weighted by atomic mass is 10.3. The Morgan fingerprint density at radius 2 is 2.03 bits per heavy atom. The van der Waals surface area contributed by atoms with E-state index in [1.54, 1.807) is 30.0 Å². The smallest absolute Gasteiger partial charge is 0.263 e. The van der Waals surface area contributed by atoms with E-state index in [2.05, 4.69) is 25.5 Å². The van der Waals surface area contributed by atoms with Crippen LogP contribution in [-0.2, 0) is 17.9 Å². The third-order valence-corrected chi connectivity index (χ3v) is 7.01. The van der Waals surface area contributed by atoms with Gasteiger partial charge in [-0.05, 0) is 30.0 Å². The molecule has 1 amide bonds. The Kier molecular flexibility index (Phi) is 5.19. The SMILES string of the molecule is COc1cnc2ccc(=O)n(CCN3CC4C(C3)C4NCc3ccc4c(n3)NC(=O)CO4)c2c1. The molecule has 3 aromatic heterocycles. The van der Waals surface area contributed by atoms with Crippen molar-refractivity contribution in [1.29, 1.82) is 0 Å². The first kappa shape index (κ1) is 21.1. The minimum absolute atomic E-state index is 0.0226. The highest BCUT2D eigenvalue weighted by atomic mass is 16.5. The highest BCUT2D eigenvalue weighted by Gasteiger charge is 2.55. The van der Waals surface area contributed by atoms with Crippen molar-refractivity contribution in [3.05, 3.63) is 52.6 Å². The fraction of sp³-hybridized carbons (Fsp3) is 0.417. The largest absolute Gasteiger partial charge is 0.495 e. The van der Waals surface area contributed by atoms with E-state index in [-0.39, 0.29) is 18.1 Å². The maximum atomic E-state index is 12.5. The van der Waals surface area contributed by atoms with Crippen LogP contribution >= 0.6 is 0 Å². The first-order valence-corrected chi connectivity index (χ1v) is 11.5. The molecule has 3 aliphatic rings. The minimum atomic E-state index is -0.178. The summed E-state index contributed by atoms with van der Waals surface area (Å²) in [6, 6.07) is 9.47. The summed E-state index contributed by atoms with van der Waals surface area (Å²) < 4.78 is 12.4. The Labute approximate surface area is 195 Å². The third kappa shape index (κ3) is 3.88. The molecule has 1 saturated carbocycles. The lowest BCUT2D eigenvalue weighted by Crippen LogP contribution is -2.34. The van der Waals surface area contributed by atoms with E-state index >= 15 is 0 Å². The number of carbonyl (C=O) groups excluding carboxylic acids is 1. The summed E-state index contributed by atoms with van der Waals surface area (Å²) in [5.41, 5.74) is 2.45. The molecule has 34 heavy (non-hydrogen) atoms. The standard InChI is InChI=1S/C24H26N6O4/c1-33-15-8-19-18(25-10-15)3-5-22(32)30(19)7-6-29-11-16-17(12-29)23(16)26-9-14-2-4-20-24(27-14)28-21(31)13-34-20/h2-5,8,10,16-17,23,26H,6-7,9,11-13H2,1H3,(H,27,28,31). The van der Waals surface area contributed by atoms with Gasteiger partial charge in [0, 0.05) is 50.9 Å². The average Bonchev–Trinajstić information content (AvgIpc) is 3.30. The summed E-state index contributed by atoms with van der Waals surface area (Å²) in [4.78, 5) is 35.4. The third-order valence-electron chi connectivity index (χ3n) is 7.01. The van der Waals surface area contributed by atoms with Crippen molar-refractivity contribution in [3.8, 4) is 11.5 Å². The van der Waals surface area contributed by atoms with Gasteiger partial charge in [0.2, 0.25) is 0 Å². The van der Waals surface area contributed by atoms with E-state index in [0.717, 1.165) is 36.4 Å². The summed E-state index contributed by atoms with van der Waals surface area (Å²) in [7, 11) is 1.60. The van der Waals surface area contributed by atoms with Crippen molar-refractivity contribution in [3.63, 3.8) is 0 Å². The molecule has 3 aromatic rings. The number of nitrogens with zero attached hydrogens (tertiary/aromatic N) is 4. The molecule has 1 aliphatic carbocycles. The maximum absolute atomic E-state index is 12.5. The first-order chi connectivity index (χ1) is 16.6. The monoisotopic (exact) mass is 462 g/mol. The summed E-state index contributed by atoms with van der Waals surface area (Å²) in [5, 5.41) is 6.37. The van der Waals surface area contributed by atoms with E-state index in [4.69, 9.17) is 9.47 Å². The second-order valence-corrected chi connectivity index (χ2v) is 9.08. The van der Waals surface area contributed by atoms with Crippen LogP contribution in [0.3, 0.4) is 0 Å². The molecule has 10 heteroatoms. The molecule has 2 N–H and O–H groups in total. The number of fused-ring (bicyclic) bond motifs is 3. The zero-order chi connectivity index (χ0) is 23.2. The molecule has 10 nitrogen and oxygen atoms in total. The van der Waals surface area contributed by atoms with E-state index in [1.807, 2.05) is 18.2 Å². The number of hydrogen-bond donors (Lipinski definition) is 2. The molecule has 2 fully saturated rings. The molecule has 2 atom stereocenters. The van der Waals surface area contributed by atoms with E-state index < -0.39 is 0 Å². The number of ether oxygens (including phenoxy) is 2. The maximum Gasteiger partial charge on any atom is 0.263 e. The van der Waals surface area contributed by atoms with Gasteiger partial charge in [-0.1, -0.05) is 0 Å². The number of methoxy groups -OCH3 is 1. The van der Waals surface area contributed by atoms with Crippen molar-refractivity contribution >= 4 is 22.8 Å². The highest BCUT2D eigenvalue weighted by molar-refractivity contribution is 5.94. The Balaban J connectivity index is 1.03. The molecule has 1 saturated heterocycles. The number of aromatic nitrogens is 3. The van der Waals surface area contributed by atoms with Crippen LogP contribution in [0.25, 0.3) is 11.0 Å². The lowest BCUT2D eigenvalue weighted by molar-refractivity contribution is -0.118. The van der Waals surface area contributed by atoms with Gasteiger partial charge in [0.05, 0.1) is 30.0 Å². The first-order valence-electron chi connectivity index (χ1n) is 11.5. The van der Waals surface area contributed by atoms with Crippen LogP contribution in [-0.4, -0.2) is 64.7 Å². The van der Waals surface area contributed by atoms with Crippen LogP contribution in [0.15, 0.2) is 41.3 Å². The molecule has 2 unspecified atom stereocenters. The van der Waals surface area contributed by atoms with Crippen LogP contribution in [0.4, 0.5) is 5.82 Å². The summed E-state index contributed by atoms with van der Waals surface area (Å²) in [6.45, 7) is 4.17. The van der Waals surface area contributed by atoms with E-state index in [0.29, 0.717) is 48.3 Å². The average molecular weight is 463 g/mol. The predicted molar refractivity (Wildman–Crippen MR) is 125 cm³/mol. The topological polar surface area (TPSA) is 111 Å². The van der Waals surface area contributed by atoms with Gasteiger partial charge in [-0.3, -0.25) is 14.6 Å². The van der Waals surface area contributed by atoms with Crippen LogP contribution in [0.2, 0.25) is 0 Å². The molecule has 6 rings (SSSR count). The molecule has 0 bridgehead atoms. The Morgan fingerprint density at radius 1 is 1.18 bits per heavy atom. The molecule has 5 heterocycles. The lowest BCUT2D eigenvalue weighted by Gasteiger charge is -2.21. The molecular formula is C24H26N6O4. The van der Waals surface area contributed by atoms with Gasteiger partial charge in [-0.15, -0.1) is 0 Å². The van der Waals surface area contributed by atoms with Crippen molar-refractivity contribution < 1.29 is 14.3 Å². The number of carbonyl (C=O) groups is 1. The zero-order valence-electron chi connectivity index (χ0n) is 18.9. The van der Waals surface area contributed by atoms with E-state index in [9.17, 15) is 9.59 Å². The number of pyridine rings is 3. The predicted octanol–water partition coefficient (Wildman–Crippen LogP) is 0.851. The molecule has 0 spiro atoms. The summed E-state index contributed by atoms with van der Waals surface area (Å²) >= 11 is 0. The molecule has 2 aliphatic heterocycles. The number of hydrogen-bond acceptors (Lipinski definition) is 8. The number of nitrogens with one attached hydrogen (secondary N) is 2. The Morgan fingerprint density at radius 3 is 2.85 bits per heavy atom. The quantitative estimate of drug-likeness (QED) is 0.532. The zero-order valence-corrected chi connectivity index (χ0v) is 18.9. The number of likely N-dealkylation sites (tertiary alicyclic amines) is 1. The van der Waals surface area contributed by atoms with Gasteiger partial charge >= 0.3 is 0 Å². The molecule has 0 radical (unpaired) electrons. The fourth-order valence-electron chi connectivity index (χ4n) is 5.16. The van der Waals surface area contributed by atoms with Gasteiger partial charge in [-0.2, -0.15) is 0 Å². The van der Waals surface area contributed by atoms with Crippen LogP contribution in [0, 0.1) is 11.8 Å². The Bertz CT molecular complexity index is 1310. The minimum Gasteiger partial charge on any atom is -0.495 e. The van der Waals surface area contributed by atoms with Gasteiger partial charge in [0.1, 0.15) is 5.75 Å². The molecule has 176 valence electrons. The Hall–Kier alpha value is -3.50. The van der Waals surface area contributed by atoms with Crippen LogP contribution in [0.1, 0.15) is 5.69 Å². The number of anilines is 1. The van der Waals surface area contributed by atoms with Crippen LogP contribution < -0.4 is 25.7 Å². The normalized spacial score (nSPS) is 23.2. The number of rotatable bonds is 7. The molecular weight excluding hydrogens is 436 g/mol.